The van der Waals surface area contributed by atoms with Crippen LogP contribution in [0.5, 0.6) is 0 Å². The van der Waals surface area contributed by atoms with Crippen LogP contribution in [0.3, 0.4) is 0 Å². The van der Waals surface area contributed by atoms with Gasteiger partial charge >= 0.3 is 24.3 Å². The molecular weight excluding hydrogens is 580 g/mol. The summed E-state index contributed by atoms with van der Waals surface area (Å²) in [6.07, 6.45) is -10.2. The van der Waals surface area contributed by atoms with E-state index in [1.165, 1.54) is 22.6 Å². The lowest BCUT2D eigenvalue weighted by molar-refractivity contribution is -0.193. The van der Waals surface area contributed by atoms with Gasteiger partial charge in [0.15, 0.2) is 0 Å². The lowest BCUT2D eigenvalue weighted by atomic mass is 10.2. The zero-order valence-electron chi connectivity index (χ0n) is 21.2. The number of rotatable bonds is 5. The molecular formula is C26H25F6N3O5S. The van der Waals surface area contributed by atoms with Crippen LogP contribution in [-0.2, 0) is 16.1 Å². The minimum atomic E-state index is -5.08. The SMILES string of the molecule is O=C(Nc1ccc(N2CCN(Cc3ccccc3)CC2)cc1)c1cccs1.O=C(O)C(F)(F)F.O=C(O)C(F)(F)F. The van der Waals surface area contributed by atoms with E-state index in [0.29, 0.717) is 0 Å². The Hall–Kier alpha value is -4.11. The Morgan fingerprint density at radius 1 is 0.756 bits per heavy atom. The van der Waals surface area contributed by atoms with Gasteiger partial charge in [0, 0.05) is 44.1 Å². The number of piperazine rings is 1. The summed E-state index contributed by atoms with van der Waals surface area (Å²) in [6.45, 7) is 5.18. The Balaban J connectivity index is 0.000000349. The van der Waals surface area contributed by atoms with Gasteiger partial charge in [-0.3, -0.25) is 9.69 Å². The molecule has 0 unspecified atom stereocenters. The van der Waals surface area contributed by atoms with Crippen LogP contribution in [-0.4, -0.2) is 71.5 Å². The highest BCUT2D eigenvalue weighted by Crippen LogP contribution is 2.21. The van der Waals surface area contributed by atoms with Gasteiger partial charge in [-0.05, 0) is 41.3 Å². The molecule has 8 nitrogen and oxygen atoms in total. The number of carbonyl (C=O) groups excluding carboxylic acids is 1. The summed E-state index contributed by atoms with van der Waals surface area (Å²) in [4.78, 5) is 35.6. The fourth-order valence-corrected chi connectivity index (χ4v) is 3.98. The van der Waals surface area contributed by atoms with Crippen molar-refractivity contribution in [2.45, 2.75) is 18.9 Å². The molecule has 0 saturated carbocycles. The normalized spacial score (nSPS) is 13.7. The second-order valence-corrected chi connectivity index (χ2v) is 9.28. The largest absolute Gasteiger partial charge is 0.490 e. The first-order chi connectivity index (χ1) is 19.2. The topological polar surface area (TPSA) is 110 Å². The van der Waals surface area contributed by atoms with Crippen molar-refractivity contribution in [3.8, 4) is 0 Å². The van der Waals surface area contributed by atoms with E-state index in [9.17, 15) is 31.1 Å². The number of carbonyl (C=O) groups is 3. The molecule has 1 fully saturated rings. The lowest BCUT2D eigenvalue weighted by Gasteiger charge is -2.36. The van der Waals surface area contributed by atoms with Crippen LogP contribution in [0.1, 0.15) is 15.2 Å². The van der Waals surface area contributed by atoms with Crippen LogP contribution >= 0.6 is 11.3 Å². The first-order valence-corrected chi connectivity index (χ1v) is 12.6. The molecule has 4 rings (SSSR count). The Morgan fingerprint density at radius 2 is 1.27 bits per heavy atom. The molecule has 2 heterocycles. The van der Waals surface area contributed by atoms with Crippen LogP contribution in [0.15, 0.2) is 72.1 Å². The van der Waals surface area contributed by atoms with Crippen molar-refractivity contribution in [2.24, 2.45) is 0 Å². The quantitative estimate of drug-likeness (QED) is 0.326. The van der Waals surface area contributed by atoms with Crippen molar-refractivity contribution < 1.29 is 50.9 Å². The number of carboxylic acid groups (broad SMARTS) is 2. The van der Waals surface area contributed by atoms with Crippen LogP contribution in [0, 0.1) is 0 Å². The number of halogens is 6. The third kappa shape index (κ3) is 11.9. The number of benzene rings is 2. The van der Waals surface area contributed by atoms with Gasteiger partial charge in [-0.15, -0.1) is 11.3 Å². The van der Waals surface area contributed by atoms with E-state index in [2.05, 4.69) is 57.6 Å². The summed E-state index contributed by atoms with van der Waals surface area (Å²) in [5, 5.41) is 19.1. The van der Waals surface area contributed by atoms with E-state index >= 15 is 0 Å². The van der Waals surface area contributed by atoms with Gasteiger partial charge in [-0.2, -0.15) is 26.3 Å². The molecule has 3 aromatic rings. The van der Waals surface area contributed by atoms with E-state index < -0.39 is 24.3 Å². The van der Waals surface area contributed by atoms with Crippen molar-refractivity contribution in [1.82, 2.24) is 4.90 Å². The Morgan fingerprint density at radius 3 is 1.71 bits per heavy atom. The molecule has 1 aromatic heterocycles. The Kier molecular flexibility index (Phi) is 12.1. The highest BCUT2D eigenvalue weighted by atomic mass is 32.1. The first-order valence-electron chi connectivity index (χ1n) is 11.7. The smallest absolute Gasteiger partial charge is 0.475 e. The summed E-state index contributed by atoms with van der Waals surface area (Å²) >= 11 is 1.45. The molecule has 41 heavy (non-hydrogen) atoms. The van der Waals surface area contributed by atoms with Gasteiger partial charge in [0.1, 0.15) is 0 Å². The first kappa shape index (κ1) is 33.1. The molecule has 1 amide bonds. The molecule has 0 bridgehead atoms. The number of hydrogen-bond acceptors (Lipinski definition) is 6. The fourth-order valence-electron chi connectivity index (χ4n) is 3.36. The van der Waals surface area contributed by atoms with Crippen molar-refractivity contribution in [3.05, 3.63) is 82.6 Å². The summed E-state index contributed by atoms with van der Waals surface area (Å²) in [7, 11) is 0. The number of nitrogens with zero attached hydrogens (tertiary/aromatic N) is 2. The van der Waals surface area contributed by atoms with Crippen molar-refractivity contribution in [3.63, 3.8) is 0 Å². The number of carboxylic acids is 2. The van der Waals surface area contributed by atoms with Crippen LogP contribution in [0.4, 0.5) is 37.7 Å². The third-order valence-electron chi connectivity index (χ3n) is 5.34. The molecule has 1 aliphatic heterocycles. The monoisotopic (exact) mass is 605 g/mol. The maximum atomic E-state index is 12.1. The van der Waals surface area contributed by atoms with E-state index in [-0.39, 0.29) is 5.91 Å². The number of hydrogen-bond donors (Lipinski definition) is 3. The van der Waals surface area contributed by atoms with E-state index in [1.54, 1.807) is 0 Å². The average Bonchev–Trinajstić information content (AvgIpc) is 3.45. The average molecular weight is 606 g/mol. The summed E-state index contributed by atoms with van der Waals surface area (Å²) < 4.78 is 63.5. The number of anilines is 2. The molecule has 0 aliphatic carbocycles. The highest BCUT2D eigenvalue weighted by Gasteiger charge is 2.38. The predicted molar refractivity (Wildman–Crippen MR) is 140 cm³/mol. The van der Waals surface area contributed by atoms with E-state index in [1.807, 2.05) is 29.6 Å². The second-order valence-electron chi connectivity index (χ2n) is 8.33. The molecule has 2 aromatic carbocycles. The van der Waals surface area contributed by atoms with Gasteiger partial charge < -0.3 is 20.4 Å². The molecule has 0 radical (unpaired) electrons. The van der Waals surface area contributed by atoms with Gasteiger partial charge in [0.05, 0.1) is 4.88 Å². The molecule has 15 heteroatoms. The molecule has 0 atom stereocenters. The number of alkyl halides is 6. The number of thiophene rings is 1. The maximum absolute atomic E-state index is 12.1. The Labute approximate surface area is 234 Å². The maximum Gasteiger partial charge on any atom is 0.490 e. The summed E-state index contributed by atoms with van der Waals surface area (Å²) in [5.74, 6) is -5.56. The minimum Gasteiger partial charge on any atom is -0.475 e. The van der Waals surface area contributed by atoms with Gasteiger partial charge in [-0.1, -0.05) is 36.4 Å². The molecule has 0 spiro atoms. The number of amides is 1. The molecule has 1 saturated heterocycles. The van der Waals surface area contributed by atoms with Crippen LogP contribution in [0.2, 0.25) is 0 Å². The van der Waals surface area contributed by atoms with Crippen molar-refractivity contribution in [2.75, 3.05) is 36.4 Å². The van der Waals surface area contributed by atoms with Crippen molar-refractivity contribution in [1.29, 1.82) is 0 Å². The van der Waals surface area contributed by atoms with E-state index in [0.717, 1.165) is 43.3 Å². The minimum absolute atomic E-state index is 0.0488. The number of nitrogens with one attached hydrogen (secondary N) is 1. The highest BCUT2D eigenvalue weighted by molar-refractivity contribution is 7.12. The zero-order valence-corrected chi connectivity index (χ0v) is 22.0. The zero-order chi connectivity index (χ0) is 30.6. The molecule has 1 aliphatic rings. The van der Waals surface area contributed by atoms with Gasteiger partial charge in [0.25, 0.3) is 5.91 Å². The fraction of sp³-hybridized carbons (Fsp3) is 0.269. The molecule has 3 N–H and O–H groups in total. The van der Waals surface area contributed by atoms with Gasteiger partial charge in [-0.25, -0.2) is 9.59 Å². The standard InChI is InChI=1S/C22H23N3OS.2C2HF3O2/c26-22(21-7-4-16-27-21)23-19-8-10-20(11-9-19)25-14-12-24(13-15-25)17-18-5-2-1-3-6-18;2*3-2(4,5)1(6)7/h1-11,16H,12-15,17H2,(H,23,26);2*(H,6,7). The predicted octanol–water partition coefficient (Wildman–Crippen LogP) is 5.59. The number of aliphatic carboxylic acids is 2. The molecule has 222 valence electrons. The van der Waals surface area contributed by atoms with Crippen LogP contribution in [0.25, 0.3) is 0 Å². The Bertz CT molecular complexity index is 1220. The second kappa shape index (κ2) is 15.0. The van der Waals surface area contributed by atoms with Gasteiger partial charge in [0.2, 0.25) is 0 Å². The van der Waals surface area contributed by atoms with E-state index in [4.69, 9.17) is 19.8 Å². The summed E-state index contributed by atoms with van der Waals surface area (Å²) in [5.41, 5.74) is 3.42. The third-order valence-corrected chi connectivity index (χ3v) is 6.21. The van der Waals surface area contributed by atoms with Crippen molar-refractivity contribution >= 4 is 40.6 Å². The lowest BCUT2D eigenvalue weighted by Crippen LogP contribution is -2.45. The van der Waals surface area contributed by atoms with Crippen LogP contribution < -0.4 is 10.2 Å². The summed E-state index contributed by atoms with van der Waals surface area (Å²) in [6, 6.07) is 22.5.